The Hall–Kier alpha value is -2.90. The molecule has 0 saturated carbocycles. The highest BCUT2D eigenvalue weighted by Crippen LogP contribution is 2.21. The Bertz CT molecular complexity index is 841. The molecular weight excluding hydrogens is 452 g/mol. The van der Waals surface area contributed by atoms with Crippen LogP contribution in [0.15, 0.2) is 27.3 Å². The second kappa shape index (κ2) is 9.34. The Labute approximate surface area is 164 Å². The molecule has 2 aromatic rings. The molecule has 0 aliphatic carbocycles. The third kappa shape index (κ3) is 6.68. The number of halogens is 5. The molecule has 0 atom stereocenters. The number of benzene rings is 1. The molecule has 0 aliphatic heterocycles. The molecule has 0 amide bonds. The normalized spacial score (nSPS) is 11.0. The maximum atomic E-state index is 13.3. The fourth-order valence-electron chi connectivity index (χ4n) is 1.87. The molecule has 1 aromatic carbocycles. The number of nitrogens with one attached hydrogen (secondary N) is 6. The molecule has 0 saturated heterocycles. The predicted octanol–water partition coefficient (Wildman–Crippen LogP) is 2.50. The summed E-state index contributed by atoms with van der Waals surface area (Å²) in [5, 5.41) is 32.4. The molecule has 0 bridgehead atoms. The second-order valence-electron chi connectivity index (χ2n) is 5.29. The van der Waals surface area contributed by atoms with Gasteiger partial charge in [-0.15, -0.1) is 0 Å². The second-order valence-corrected chi connectivity index (χ2v) is 6.14. The van der Waals surface area contributed by atoms with Crippen LogP contribution in [-0.4, -0.2) is 47.9 Å². The number of nitrogens with zero attached hydrogens (tertiary/aromatic N) is 2. The van der Waals surface area contributed by atoms with Crippen LogP contribution in [0.5, 0.6) is 0 Å². The molecule has 0 spiro atoms. The van der Waals surface area contributed by atoms with E-state index < -0.39 is 24.5 Å². The van der Waals surface area contributed by atoms with Crippen molar-refractivity contribution in [1.82, 2.24) is 20.9 Å². The summed E-state index contributed by atoms with van der Waals surface area (Å²) in [5.74, 6) is -0.982. The monoisotopic (exact) mass is 466 g/mol. The summed E-state index contributed by atoms with van der Waals surface area (Å²) in [6.45, 7) is -1.06. The van der Waals surface area contributed by atoms with Gasteiger partial charge in [0.05, 0.1) is 4.47 Å². The van der Waals surface area contributed by atoms with Crippen LogP contribution < -0.4 is 21.3 Å². The zero-order valence-electron chi connectivity index (χ0n) is 14.0. The highest BCUT2D eigenvalue weighted by atomic mass is 79.9. The lowest BCUT2D eigenvalue weighted by Crippen LogP contribution is -2.42. The van der Waals surface area contributed by atoms with Gasteiger partial charge >= 0.3 is 6.18 Å². The van der Waals surface area contributed by atoms with Crippen LogP contribution in [0.25, 0.3) is 0 Å². The Balaban J connectivity index is 1.82. The van der Waals surface area contributed by atoms with Crippen LogP contribution in [0.3, 0.4) is 0 Å². The molecule has 9 nitrogen and oxygen atoms in total. The van der Waals surface area contributed by atoms with Gasteiger partial charge in [-0.05, 0) is 44.4 Å². The number of anilines is 2. The Kier molecular flexibility index (Phi) is 7.14. The lowest BCUT2D eigenvalue weighted by Gasteiger charge is -2.12. The Morgan fingerprint density at radius 3 is 2.57 bits per heavy atom. The third-order valence-corrected chi connectivity index (χ3v) is 3.71. The van der Waals surface area contributed by atoms with Gasteiger partial charge in [-0.3, -0.25) is 10.8 Å². The smallest absolute Gasteiger partial charge is 0.363 e. The van der Waals surface area contributed by atoms with E-state index >= 15 is 0 Å². The lowest BCUT2D eigenvalue weighted by atomic mass is 10.3. The summed E-state index contributed by atoms with van der Waals surface area (Å²) >= 11 is 3.04. The number of hydrogen-bond donors (Lipinski definition) is 6. The maximum Gasteiger partial charge on any atom is 0.405 e. The summed E-state index contributed by atoms with van der Waals surface area (Å²) in [4.78, 5) is 0. The molecule has 0 fully saturated rings. The average Bonchev–Trinajstić information content (AvgIpc) is 3.08. The van der Waals surface area contributed by atoms with Gasteiger partial charge in [0.1, 0.15) is 12.4 Å². The van der Waals surface area contributed by atoms with E-state index in [1.165, 1.54) is 18.2 Å². The van der Waals surface area contributed by atoms with Gasteiger partial charge in [0.25, 0.3) is 0 Å². The Morgan fingerprint density at radius 1 is 1.14 bits per heavy atom. The largest absolute Gasteiger partial charge is 0.405 e. The van der Waals surface area contributed by atoms with Gasteiger partial charge in [-0.2, -0.15) is 13.2 Å². The topological polar surface area (TPSA) is 135 Å². The number of alkyl halides is 3. The van der Waals surface area contributed by atoms with Gasteiger partial charge in [0.2, 0.25) is 5.82 Å². The number of hydrogen-bond acceptors (Lipinski definition) is 6. The summed E-state index contributed by atoms with van der Waals surface area (Å²) in [5.41, 5.74) is 0.476. The van der Waals surface area contributed by atoms with Crippen molar-refractivity contribution in [3.05, 3.63) is 34.2 Å². The first-order valence-electron chi connectivity index (χ1n) is 7.66. The first-order chi connectivity index (χ1) is 13.2. The molecule has 6 N–H and O–H groups in total. The minimum absolute atomic E-state index is 0.0470. The summed E-state index contributed by atoms with van der Waals surface area (Å²) in [6.07, 6.45) is -4.42. The first-order valence-corrected chi connectivity index (χ1v) is 8.45. The Morgan fingerprint density at radius 2 is 1.89 bits per heavy atom. The van der Waals surface area contributed by atoms with E-state index in [0.717, 1.165) is 0 Å². The maximum absolute atomic E-state index is 13.3. The van der Waals surface area contributed by atoms with E-state index in [9.17, 15) is 17.6 Å². The molecular formula is C14H15BrF4N8O. The van der Waals surface area contributed by atoms with Crippen molar-refractivity contribution in [3.8, 4) is 0 Å². The van der Waals surface area contributed by atoms with Crippen molar-refractivity contribution in [3.63, 3.8) is 0 Å². The number of guanidine groups is 1. The number of aromatic nitrogens is 2. The molecule has 2 rings (SSSR count). The van der Waals surface area contributed by atoms with Crippen molar-refractivity contribution in [2.24, 2.45) is 0 Å². The van der Waals surface area contributed by atoms with Crippen molar-refractivity contribution in [2.75, 3.05) is 30.3 Å². The summed E-state index contributed by atoms with van der Waals surface area (Å²) in [6, 6.07) is 4.08. The highest BCUT2D eigenvalue weighted by Gasteiger charge is 2.27. The molecule has 152 valence electrons. The van der Waals surface area contributed by atoms with Crippen LogP contribution >= 0.6 is 15.9 Å². The van der Waals surface area contributed by atoms with Crippen LogP contribution in [-0.2, 0) is 0 Å². The highest BCUT2D eigenvalue weighted by molar-refractivity contribution is 9.10. The van der Waals surface area contributed by atoms with Gasteiger partial charge in [0.15, 0.2) is 17.5 Å². The van der Waals surface area contributed by atoms with E-state index in [4.69, 9.17) is 10.8 Å². The van der Waals surface area contributed by atoms with Gasteiger partial charge < -0.3 is 21.3 Å². The molecule has 14 heteroatoms. The van der Waals surface area contributed by atoms with Crippen molar-refractivity contribution >= 4 is 39.2 Å². The quantitative estimate of drug-likeness (QED) is 0.160. The predicted molar refractivity (Wildman–Crippen MR) is 97.1 cm³/mol. The zero-order valence-corrected chi connectivity index (χ0v) is 15.6. The van der Waals surface area contributed by atoms with E-state index in [1.807, 2.05) is 5.32 Å². The van der Waals surface area contributed by atoms with Gasteiger partial charge in [-0.25, -0.2) is 9.02 Å². The third-order valence-electron chi connectivity index (χ3n) is 3.10. The molecule has 1 heterocycles. The van der Waals surface area contributed by atoms with E-state index in [-0.39, 0.29) is 34.9 Å². The van der Waals surface area contributed by atoms with Crippen LogP contribution in [0.2, 0.25) is 0 Å². The average molecular weight is 467 g/mol. The van der Waals surface area contributed by atoms with Crippen LogP contribution in [0.1, 0.15) is 5.69 Å². The fourth-order valence-corrected chi connectivity index (χ4v) is 2.24. The molecule has 1 aromatic heterocycles. The zero-order chi connectivity index (χ0) is 20.7. The van der Waals surface area contributed by atoms with Gasteiger partial charge in [-0.1, -0.05) is 0 Å². The van der Waals surface area contributed by atoms with Crippen molar-refractivity contribution in [2.45, 2.75) is 6.18 Å². The minimum Gasteiger partial charge on any atom is -0.363 e. The summed E-state index contributed by atoms with van der Waals surface area (Å²) in [7, 11) is 0. The van der Waals surface area contributed by atoms with E-state index in [1.54, 1.807) is 0 Å². The van der Waals surface area contributed by atoms with Crippen molar-refractivity contribution in [1.29, 1.82) is 10.8 Å². The molecule has 0 unspecified atom stereocenters. The van der Waals surface area contributed by atoms with E-state index in [0.29, 0.717) is 5.69 Å². The fraction of sp³-hybridized carbons (Fsp3) is 0.286. The van der Waals surface area contributed by atoms with E-state index in [2.05, 4.69) is 46.8 Å². The summed E-state index contributed by atoms with van der Waals surface area (Å²) < 4.78 is 54.2. The lowest BCUT2D eigenvalue weighted by molar-refractivity contribution is -0.122. The SMILES string of the molecule is N=C(NCCNc1nonc1C(=N)Nc1ccc(F)c(Br)c1)NCC(F)(F)F. The first kappa shape index (κ1) is 21.4. The van der Waals surface area contributed by atoms with Gasteiger partial charge in [0, 0.05) is 18.8 Å². The number of amidine groups is 1. The van der Waals surface area contributed by atoms with Crippen LogP contribution in [0, 0.1) is 16.6 Å². The molecule has 0 aliphatic rings. The van der Waals surface area contributed by atoms with Crippen molar-refractivity contribution < 1.29 is 22.2 Å². The van der Waals surface area contributed by atoms with Crippen LogP contribution in [0.4, 0.5) is 29.1 Å². The molecule has 0 radical (unpaired) electrons. The number of rotatable bonds is 7. The molecule has 28 heavy (non-hydrogen) atoms. The minimum atomic E-state index is -4.42. The standard InChI is InChI=1S/C14H15BrF4N8O/c15-8-5-7(1-2-9(8)16)25-11(20)10-12(27-28-26-10)22-3-4-23-13(21)24-6-14(17,18)19/h1-2,5H,3-4,6H2,(H2,20,25)(H,22,27)(H3,21,23,24).